The molecule has 0 unspecified atom stereocenters. The molecule has 0 amide bonds. The molecule has 22 heavy (non-hydrogen) atoms. The molecular formula is C13H10Cl2N2O4S. The number of esters is 1. The van der Waals surface area contributed by atoms with Crippen molar-refractivity contribution in [3.8, 4) is 0 Å². The minimum Gasteiger partial charge on any atom is -0.465 e. The average Bonchev–Trinajstić information content (AvgIpc) is 2.48. The summed E-state index contributed by atoms with van der Waals surface area (Å²) in [6, 6.07) is 6.78. The largest absolute Gasteiger partial charge is 0.465 e. The summed E-state index contributed by atoms with van der Waals surface area (Å²) in [6.45, 7) is 0. The van der Waals surface area contributed by atoms with E-state index in [0.29, 0.717) is 0 Å². The predicted molar refractivity (Wildman–Crippen MR) is 82.8 cm³/mol. The van der Waals surface area contributed by atoms with Gasteiger partial charge in [0, 0.05) is 11.2 Å². The summed E-state index contributed by atoms with van der Waals surface area (Å²) < 4.78 is 31.5. The summed E-state index contributed by atoms with van der Waals surface area (Å²) in [6.07, 6.45) is 1.11. The Morgan fingerprint density at radius 3 is 2.55 bits per heavy atom. The molecule has 1 N–H and O–H groups in total. The molecule has 1 aromatic heterocycles. The number of benzene rings is 1. The van der Waals surface area contributed by atoms with Crippen LogP contribution >= 0.6 is 23.2 Å². The van der Waals surface area contributed by atoms with Gasteiger partial charge in [0.25, 0.3) is 10.0 Å². The van der Waals surface area contributed by atoms with Gasteiger partial charge in [-0.1, -0.05) is 23.2 Å². The van der Waals surface area contributed by atoms with Crippen LogP contribution in [0.5, 0.6) is 0 Å². The normalized spacial score (nSPS) is 11.0. The Bertz CT molecular complexity index is 807. The van der Waals surface area contributed by atoms with Crippen LogP contribution in [-0.2, 0) is 14.8 Å². The first-order chi connectivity index (χ1) is 10.3. The zero-order valence-corrected chi connectivity index (χ0v) is 13.5. The highest BCUT2D eigenvalue weighted by molar-refractivity contribution is 7.92. The van der Waals surface area contributed by atoms with Crippen LogP contribution in [0.25, 0.3) is 0 Å². The third kappa shape index (κ3) is 3.68. The number of halogens is 2. The number of carbonyl (C=O) groups is 1. The minimum absolute atomic E-state index is 0.000461. The number of carbonyl (C=O) groups excluding carboxylic acids is 1. The first kappa shape index (κ1) is 16.5. The van der Waals surface area contributed by atoms with Crippen LogP contribution in [0.4, 0.5) is 5.69 Å². The van der Waals surface area contributed by atoms with E-state index in [2.05, 4.69) is 14.4 Å². The van der Waals surface area contributed by atoms with Crippen molar-refractivity contribution in [3.05, 3.63) is 52.3 Å². The van der Waals surface area contributed by atoms with Crippen molar-refractivity contribution in [3.63, 3.8) is 0 Å². The number of nitrogens with one attached hydrogen (secondary N) is 1. The zero-order valence-electron chi connectivity index (χ0n) is 11.2. The second-order valence-corrected chi connectivity index (χ2v) is 6.61. The lowest BCUT2D eigenvalue weighted by Gasteiger charge is -2.11. The van der Waals surface area contributed by atoms with Crippen molar-refractivity contribution >= 4 is 44.9 Å². The summed E-state index contributed by atoms with van der Waals surface area (Å²) in [5.74, 6) is -0.713. The molecule has 6 nitrogen and oxygen atoms in total. The van der Waals surface area contributed by atoms with E-state index in [-0.39, 0.29) is 26.3 Å². The average molecular weight is 361 g/mol. The number of methoxy groups -OCH3 is 1. The van der Waals surface area contributed by atoms with Crippen LogP contribution in [0.3, 0.4) is 0 Å². The highest BCUT2D eigenvalue weighted by Crippen LogP contribution is 2.24. The fraction of sp³-hybridized carbons (Fsp3) is 0.0769. The van der Waals surface area contributed by atoms with Crippen LogP contribution in [0, 0.1) is 0 Å². The fourth-order valence-corrected chi connectivity index (χ4v) is 2.92. The summed E-state index contributed by atoms with van der Waals surface area (Å²) in [5, 5.41) is 0.442. The van der Waals surface area contributed by atoms with Gasteiger partial charge in [-0.25, -0.2) is 18.2 Å². The molecule has 2 aromatic rings. The van der Waals surface area contributed by atoms with E-state index in [1.54, 1.807) is 0 Å². The van der Waals surface area contributed by atoms with Crippen molar-refractivity contribution in [2.24, 2.45) is 0 Å². The number of rotatable bonds is 4. The number of pyridine rings is 1. The van der Waals surface area contributed by atoms with Crippen molar-refractivity contribution in [1.29, 1.82) is 0 Å². The molecule has 9 heteroatoms. The molecule has 0 fully saturated rings. The molecule has 0 aliphatic rings. The number of hydrogen-bond donors (Lipinski definition) is 1. The van der Waals surface area contributed by atoms with Crippen molar-refractivity contribution in [1.82, 2.24) is 4.98 Å². The van der Waals surface area contributed by atoms with E-state index < -0.39 is 16.0 Å². The zero-order chi connectivity index (χ0) is 16.3. The third-order valence-corrected chi connectivity index (χ3v) is 4.45. The van der Waals surface area contributed by atoms with Gasteiger partial charge in [0.15, 0.2) is 0 Å². The second kappa shape index (κ2) is 6.51. The van der Waals surface area contributed by atoms with Crippen LogP contribution in [0.15, 0.2) is 41.4 Å². The highest BCUT2D eigenvalue weighted by Gasteiger charge is 2.20. The minimum atomic E-state index is -3.93. The van der Waals surface area contributed by atoms with Crippen LogP contribution < -0.4 is 4.72 Å². The van der Waals surface area contributed by atoms with Gasteiger partial charge in [-0.05, 0) is 30.3 Å². The topological polar surface area (TPSA) is 85.4 Å². The van der Waals surface area contributed by atoms with Gasteiger partial charge < -0.3 is 4.74 Å². The predicted octanol–water partition coefficient (Wildman–Crippen LogP) is 2.98. The number of hydrogen-bond acceptors (Lipinski definition) is 5. The summed E-state index contributed by atoms with van der Waals surface area (Å²) in [4.78, 5) is 15.3. The Morgan fingerprint density at radius 2 is 1.95 bits per heavy atom. The van der Waals surface area contributed by atoms with Gasteiger partial charge in [-0.3, -0.25) is 4.72 Å². The second-order valence-electron chi connectivity index (χ2n) is 4.10. The van der Waals surface area contributed by atoms with Crippen molar-refractivity contribution in [2.45, 2.75) is 4.90 Å². The Balaban J connectivity index is 2.41. The van der Waals surface area contributed by atoms with Crippen LogP contribution in [-0.4, -0.2) is 26.5 Å². The number of anilines is 1. The molecule has 0 bridgehead atoms. The SMILES string of the molecule is COC(=O)c1cc(Cl)ccc1NS(=O)(=O)c1ccc(Cl)nc1. The maximum atomic E-state index is 12.3. The highest BCUT2D eigenvalue weighted by atomic mass is 35.5. The molecule has 2 rings (SSSR count). The molecule has 0 saturated heterocycles. The lowest BCUT2D eigenvalue weighted by molar-refractivity contribution is 0.0602. The van der Waals surface area contributed by atoms with Gasteiger partial charge in [0.1, 0.15) is 10.0 Å². The quantitative estimate of drug-likeness (QED) is 0.669. The molecule has 0 spiro atoms. The van der Waals surface area contributed by atoms with E-state index in [1.807, 2.05) is 0 Å². The van der Waals surface area contributed by atoms with Gasteiger partial charge >= 0.3 is 5.97 Å². The van der Waals surface area contributed by atoms with Crippen molar-refractivity contribution < 1.29 is 17.9 Å². The Kier molecular flexibility index (Phi) is 4.90. The van der Waals surface area contributed by atoms with Crippen molar-refractivity contribution in [2.75, 3.05) is 11.8 Å². The molecule has 0 atom stereocenters. The van der Waals surface area contributed by atoms with E-state index in [9.17, 15) is 13.2 Å². The van der Waals surface area contributed by atoms with Gasteiger partial charge in [0.2, 0.25) is 0 Å². The molecule has 0 radical (unpaired) electrons. The number of nitrogens with zero attached hydrogens (tertiary/aromatic N) is 1. The lowest BCUT2D eigenvalue weighted by atomic mass is 10.2. The Morgan fingerprint density at radius 1 is 1.23 bits per heavy atom. The molecule has 1 heterocycles. The van der Waals surface area contributed by atoms with E-state index >= 15 is 0 Å². The third-order valence-electron chi connectivity index (χ3n) is 2.64. The van der Waals surface area contributed by atoms with E-state index in [0.717, 1.165) is 6.20 Å². The fourth-order valence-electron chi connectivity index (χ4n) is 1.61. The van der Waals surface area contributed by atoms with Gasteiger partial charge in [-0.15, -0.1) is 0 Å². The summed E-state index contributed by atoms with van der Waals surface area (Å²) in [7, 11) is -2.74. The molecule has 1 aromatic carbocycles. The molecule has 0 saturated carbocycles. The first-order valence-corrected chi connectivity index (χ1v) is 8.09. The Labute approximate surface area is 137 Å². The number of ether oxygens (including phenoxy) is 1. The first-order valence-electron chi connectivity index (χ1n) is 5.86. The summed E-state index contributed by atoms with van der Waals surface area (Å²) >= 11 is 11.4. The molecule has 116 valence electrons. The standard InChI is InChI=1S/C13H10Cl2N2O4S/c1-21-13(18)10-6-8(14)2-4-11(10)17-22(19,20)9-3-5-12(15)16-7-9/h2-7,17H,1H3. The van der Waals surface area contributed by atoms with E-state index in [1.165, 1.54) is 37.4 Å². The monoisotopic (exact) mass is 360 g/mol. The molecular weight excluding hydrogens is 351 g/mol. The van der Waals surface area contributed by atoms with Crippen LogP contribution in [0.1, 0.15) is 10.4 Å². The van der Waals surface area contributed by atoms with E-state index in [4.69, 9.17) is 23.2 Å². The number of aromatic nitrogens is 1. The van der Waals surface area contributed by atoms with Gasteiger partial charge in [-0.2, -0.15) is 0 Å². The molecule has 0 aliphatic heterocycles. The Hall–Kier alpha value is -1.83. The smallest absolute Gasteiger partial charge is 0.340 e. The maximum absolute atomic E-state index is 12.3. The van der Waals surface area contributed by atoms with Gasteiger partial charge in [0.05, 0.1) is 18.4 Å². The maximum Gasteiger partial charge on any atom is 0.340 e. The summed E-state index contributed by atoms with van der Waals surface area (Å²) in [5.41, 5.74) is 0.0479. The lowest BCUT2D eigenvalue weighted by Crippen LogP contribution is -2.16. The van der Waals surface area contributed by atoms with Crippen LogP contribution in [0.2, 0.25) is 10.2 Å². The number of sulfonamides is 1. The molecule has 0 aliphatic carbocycles.